The molecule has 0 heterocycles. The zero-order valence-corrected chi connectivity index (χ0v) is 12.4. The Hall–Kier alpha value is -1.55. The van der Waals surface area contributed by atoms with Gasteiger partial charge in [-0.05, 0) is 43.7 Å². The summed E-state index contributed by atoms with van der Waals surface area (Å²) in [6.07, 6.45) is 0. The molecule has 4 heteroatoms. The summed E-state index contributed by atoms with van der Waals surface area (Å²) in [6, 6.07) is 8.54. The highest BCUT2D eigenvalue weighted by Crippen LogP contribution is 2.28. The molecule has 2 aromatic carbocycles. The Bertz CT molecular complexity index is 613. The molecular formula is C15H15BrFNO. The summed E-state index contributed by atoms with van der Waals surface area (Å²) in [7, 11) is 0. The monoisotopic (exact) mass is 323 g/mol. The van der Waals surface area contributed by atoms with Crippen LogP contribution in [0.15, 0.2) is 34.8 Å². The van der Waals surface area contributed by atoms with E-state index in [9.17, 15) is 4.39 Å². The van der Waals surface area contributed by atoms with Crippen LogP contribution in [0.5, 0.6) is 5.75 Å². The first-order valence-electron chi connectivity index (χ1n) is 5.91. The lowest BCUT2D eigenvalue weighted by molar-refractivity contribution is 0.296. The zero-order valence-electron chi connectivity index (χ0n) is 10.8. The third-order valence-electron chi connectivity index (χ3n) is 3.02. The minimum absolute atomic E-state index is 0.177. The second-order valence-electron chi connectivity index (χ2n) is 4.45. The highest BCUT2D eigenvalue weighted by Gasteiger charge is 2.09. The number of rotatable bonds is 3. The predicted molar refractivity (Wildman–Crippen MR) is 78.8 cm³/mol. The normalized spacial score (nSPS) is 10.5. The van der Waals surface area contributed by atoms with Crippen LogP contribution in [0.25, 0.3) is 0 Å². The summed E-state index contributed by atoms with van der Waals surface area (Å²) in [6.45, 7) is 4.02. The van der Waals surface area contributed by atoms with Crippen molar-refractivity contribution in [2.24, 2.45) is 0 Å². The van der Waals surface area contributed by atoms with Gasteiger partial charge in [0.2, 0.25) is 0 Å². The highest BCUT2D eigenvalue weighted by atomic mass is 79.9. The van der Waals surface area contributed by atoms with E-state index in [0.29, 0.717) is 11.3 Å². The van der Waals surface area contributed by atoms with Gasteiger partial charge in [0.05, 0.1) is 0 Å². The smallest absolute Gasteiger partial charge is 0.129 e. The topological polar surface area (TPSA) is 35.2 Å². The van der Waals surface area contributed by atoms with Crippen LogP contribution in [-0.4, -0.2) is 0 Å². The molecule has 0 saturated heterocycles. The first-order valence-corrected chi connectivity index (χ1v) is 6.70. The van der Waals surface area contributed by atoms with Gasteiger partial charge in [0, 0.05) is 21.3 Å². The second kappa shape index (κ2) is 5.61. The summed E-state index contributed by atoms with van der Waals surface area (Å²) in [4.78, 5) is 0. The fourth-order valence-electron chi connectivity index (χ4n) is 1.87. The van der Waals surface area contributed by atoms with Gasteiger partial charge in [-0.25, -0.2) is 4.39 Å². The van der Waals surface area contributed by atoms with Crippen molar-refractivity contribution in [3.8, 4) is 5.75 Å². The Labute approximate surface area is 120 Å². The van der Waals surface area contributed by atoms with Crippen LogP contribution in [0.1, 0.15) is 16.7 Å². The molecule has 0 aliphatic rings. The largest absolute Gasteiger partial charge is 0.488 e. The van der Waals surface area contributed by atoms with Gasteiger partial charge in [-0.3, -0.25) is 0 Å². The molecule has 0 unspecified atom stereocenters. The Morgan fingerprint density at radius 2 is 1.95 bits per heavy atom. The molecule has 2 N–H and O–H groups in total. The van der Waals surface area contributed by atoms with E-state index in [0.717, 1.165) is 21.3 Å². The van der Waals surface area contributed by atoms with Crippen molar-refractivity contribution in [2.75, 3.05) is 5.73 Å². The van der Waals surface area contributed by atoms with Crippen LogP contribution in [-0.2, 0) is 6.61 Å². The fourth-order valence-corrected chi connectivity index (χ4v) is 2.28. The minimum Gasteiger partial charge on any atom is -0.488 e. The van der Waals surface area contributed by atoms with E-state index in [1.165, 1.54) is 6.07 Å². The third-order valence-corrected chi connectivity index (χ3v) is 3.52. The Kier molecular flexibility index (Phi) is 4.10. The van der Waals surface area contributed by atoms with Crippen LogP contribution < -0.4 is 10.5 Å². The molecular weight excluding hydrogens is 309 g/mol. The number of anilines is 1. The number of benzene rings is 2. The molecule has 0 radical (unpaired) electrons. The Morgan fingerprint density at radius 3 is 2.68 bits per heavy atom. The molecule has 0 bridgehead atoms. The van der Waals surface area contributed by atoms with Crippen molar-refractivity contribution < 1.29 is 9.13 Å². The number of halogens is 2. The lowest BCUT2D eigenvalue weighted by atomic mass is 10.1. The van der Waals surface area contributed by atoms with Crippen molar-refractivity contribution in [1.29, 1.82) is 0 Å². The minimum atomic E-state index is -0.276. The van der Waals surface area contributed by atoms with Gasteiger partial charge in [-0.15, -0.1) is 0 Å². The third kappa shape index (κ3) is 3.07. The maximum absolute atomic E-state index is 13.6. The number of ether oxygens (including phenoxy) is 1. The molecule has 100 valence electrons. The quantitative estimate of drug-likeness (QED) is 0.851. The van der Waals surface area contributed by atoms with E-state index in [1.807, 2.05) is 26.0 Å². The number of hydrogen-bond donors (Lipinski definition) is 1. The summed E-state index contributed by atoms with van der Waals surface area (Å²) < 4.78 is 20.2. The lowest BCUT2D eigenvalue weighted by Crippen LogP contribution is -2.03. The van der Waals surface area contributed by atoms with E-state index in [4.69, 9.17) is 10.5 Å². The number of nitrogens with two attached hydrogens (primary N) is 1. The van der Waals surface area contributed by atoms with Crippen LogP contribution in [0.3, 0.4) is 0 Å². The summed E-state index contributed by atoms with van der Waals surface area (Å²) in [5, 5.41) is 0. The van der Waals surface area contributed by atoms with E-state index in [-0.39, 0.29) is 12.4 Å². The Morgan fingerprint density at radius 1 is 1.21 bits per heavy atom. The molecule has 2 nitrogen and oxygen atoms in total. The standard InChI is InChI=1S/C15H15BrFNO/c1-9-3-6-14(18)10(2)15(9)19-8-11-7-12(16)4-5-13(11)17/h3-7H,8,18H2,1-2H3. The number of nitrogen functional groups attached to an aromatic ring is 1. The van der Waals surface area contributed by atoms with Gasteiger partial charge >= 0.3 is 0 Å². The van der Waals surface area contributed by atoms with Gasteiger partial charge in [0.15, 0.2) is 0 Å². The van der Waals surface area contributed by atoms with Crippen molar-refractivity contribution in [3.05, 3.63) is 57.3 Å². The van der Waals surface area contributed by atoms with Crippen LogP contribution in [0.4, 0.5) is 10.1 Å². The van der Waals surface area contributed by atoms with E-state index in [2.05, 4.69) is 15.9 Å². The molecule has 2 rings (SSSR count). The SMILES string of the molecule is Cc1ccc(N)c(C)c1OCc1cc(Br)ccc1F. The van der Waals surface area contributed by atoms with Gasteiger partial charge in [0.1, 0.15) is 18.2 Å². The van der Waals surface area contributed by atoms with E-state index in [1.54, 1.807) is 12.1 Å². The highest BCUT2D eigenvalue weighted by molar-refractivity contribution is 9.10. The molecule has 0 fully saturated rings. The molecule has 0 saturated carbocycles. The first kappa shape index (κ1) is 13.9. The molecule has 0 spiro atoms. The van der Waals surface area contributed by atoms with E-state index < -0.39 is 0 Å². The van der Waals surface area contributed by atoms with Crippen LogP contribution in [0, 0.1) is 19.7 Å². The van der Waals surface area contributed by atoms with Gasteiger partial charge < -0.3 is 10.5 Å². The van der Waals surface area contributed by atoms with Crippen LogP contribution >= 0.6 is 15.9 Å². The maximum Gasteiger partial charge on any atom is 0.129 e. The van der Waals surface area contributed by atoms with Gasteiger partial charge in [0.25, 0.3) is 0 Å². The fraction of sp³-hybridized carbons (Fsp3) is 0.200. The zero-order chi connectivity index (χ0) is 14.0. The Balaban J connectivity index is 2.24. The van der Waals surface area contributed by atoms with Gasteiger partial charge in [-0.2, -0.15) is 0 Å². The van der Waals surface area contributed by atoms with Crippen molar-refractivity contribution >= 4 is 21.6 Å². The summed E-state index contributed by atoms with van der Waals surface area (Å²) in [5.74, 6) is 0.446. The average molecular weight is 324 g/mol. The first-order chi connectivity index (χ1) is 8.99. The number of aryl methyl sites for hydroxylation is 1. The molecule has 0 aromatic heterocycles. The molecule has 0 aliphatic heterocycles. The van der Waals surface area contributed by atoms with Crippen molar-refractivity contribution in [3.63, 3.8) is 0 Å². The van der Waals surface area contributed by atoms with Crippen molar-refractivity contribution in [2.45, 2.75) is 20.5 Å². The average Bonchev–Trinajstić information content (AvgIpc) is 2.38. The van der Waals surface area contributed by atoms with Crippen molar-refractivity contribution in [1.82, 2.24) is 0 Å². The molecule has 0 amide bonds. The maximum atomic E-state index is 13.6. The summed E-state index contributed by atoms with van der Waals surface area (Å²) in [5.41, 5.74) is 8.91. The van der Waals surface area contributed by atoms with E-state index >= 15 is 0 Å². The molecule has 2 aromatic rings. The summed E-state index contributed by atoms with van der Waals surface area (Å²) >= 11 is 3.32. The molecule has 0 aliphatic carbocycles. The number of hydrogen-bond acceptors (Lipinski definition) is 2. The molecule has 0 atom stereocenters. The second-order valence-corrected chi connectivity index (χ2v) is 5.37. The van der Waals surface area contributed by atoms with Gasteiger partial charge in [-0.1, -0.05) is 22.0 Å². The predicted octanol–water partition coefficient (Wildman–Crippen LogP) is 4.37. The van der Waals surface area contributed by atoms with Crippen LogP contribution in [0.2, 0.25) is 0 Å². The lowest BCUT2D eigenvalue weighted by Gasteiger charge is -2.14. The molecule has 19 heavy (non-hydrogen) atoms.